The summed E-state index contributed by atoms with van der Waals surface area (Å²) in [6, 6.07) is 8.87. The zero-order valence-electron chi connectivity index (χ0n) is 11.6. The van der Waals surface area contributed by atoms with Crippen LogP contribution in [0.5, 0.6) is 0 Å². The van der Waals surface area contributed by atoms with Crippen molar-refractivity contribution in [2.24, 2.45) is 5.92 Å². The Kier molecular flexibility index (Phi) is 2.84. The first-order valence-electron chi connectivity index (χ1n) is 7.41. The summed E-state index contributed by atoms with van der Waals surface area (Å²) in [7, 11) is 0. The van der Waals surface area contributed by atoms with Crippen molar-refractivity contribution in [3.05, 3.63) is 47.0 Å². The van der Waals surface area contributed by atoms with E-state index in [1.54, 1.807) is 0 Å². The van der Waals surface area contributed by atoms with Crippen molar-refractivity contribution in [3.63, 3.8) is 0 Å². The van der Waals surface area contributed by atoms with Crippen molar-refractivity contribution < 1.29 is 0 Å². The predicted octanol–water partition coefficient (Wildman–Crippen LogP) is 3.48. The summed E-state index contributed by atoms with van der Waals surface area (Å²) < 4.78 is 2.21. The lowest BCUT2D eigenvalue weighted by atomic mass is 9.92. The standard InChI is InChI=1S/C16H18ClN3/c1-2-20-13(9-17)18-19-16(20)15-12-8-7-10-5-3-4-6-11(10)14(12)15/h3-6,12,14-15H,2,7-9H2,1H3. The first kappa shape index (κ1) is 12.4. The van der Waals surface area contributed by atoms with Gasteiger partial charge in [0.15, 0.2) is 0 Å². The van der Waals surface area contributed by atoms with Crippen LogP contribution in [0.1, 0.15) is 48.0 Å². The molecule has 2 aliphatic rings. The van der Waals surface area contributed by atoms with Crippen molar-refractivity contribution in [2.45, 2.75) is 44.0 Å². The predicted molar refractivity (Wildman–Crippen MR) is 79.0 cm³/mol. The summed E-state index contributed by atoms with van der Waals surface area (Å²) in [4.78, 5) is 0. The second-order valence-corrected chi connectivity index (χ2v) is 6.07. The third-order valence-corrected chi connectivity index (χ3v) is 5.16. The quantitative estimate of drug-likeness (QED) is 0.809. The lowest BCUT2D eigenvalue weighted by molar-refractivity contribution is 0.630. The van der Waals surface area contributed by atoms with Gasteiger partial charge in [-0.05, 0) is 42.7 Å². The molecule has 0 spiro atoms. The molecule has 20 heavy (non-hydrogen) atoms. The number of nitrogens with zero attached hydrogens (tertiary/aromatic N) is 3. The van der Waals surface area contributed by atoms with Crippen molar-refractivity contribution >= 4 is 11.6 Å². The van der Waals surface area contributed by atoms with Gasteiger partial charge in [0.25, 0.3) is 0 Å². The lowest BCUT2D eigenvalue weighted by Gasteiger charge is -2.13. The molecule has 0 radical (unpaired) electrons. The van der Waals surface area contributed by atoms with E-state index < -0.39 is 0 Å². The number of fused-ring (bicyclic) bond motifs is 3. The van der Waals surface area contributed by atoms with E-state index in [2.05, 4.69) is 46.0 Å². The molecule has 4 rings (SSSR count). The number of aromatic nitrogens is 3. The van der Waals surface area contributed by atoms with Gasteiger partial charge in [-0.25, -0.2) is 0 Å². The highest BCUT2D eigenvalue weighted by Gasteiger charge is 2.56. The largest absolute Gasteiger partial charge is 0.314 e. The summed E-state index contributed by atoms with van der Waals surface area (Å²) in [5.74, 6) is 4.44. The third-order valence-electron chi connectivity index (χ3n) is 4.92. The van der Waals surface area contributed by atoms with Gasteiger partial charge < -0.3 is 4.57 Å². The van der Waals surface area contributed by atoms with Crippen LogP contribution in [0.3, 0.4) is 0 Å². The van der Waals surface area contributed by atoms with Crippen LogP contribution < -0.4 is 0 Å². The number of halogens is 1. The summed E-state index contributed by atoms with van der Waals surface area (Å²) in [6.45, 7) is 3.05. The average Bonchev–Trinajstić information content (AvgIpc) is 3.09. The van der Waals surface area contributed by atoms with E-state index in [-0.39, 0.29) is 0 Å². The maximum atomic E-state index is 5.96. The van der Waals surface area contributed by atoms with Crippen LogP contribution >= 0.6 is 11.6 Å². The van der Waals surface area contributed by atoms with Crippen LogP contribution in [-0.4, -0.2) is 14.8 Å². The van der Waals surface area contributed by atoms with E-state index in [1.807, 2.05) is 0 Å². The molecular formula is C16H18ClN3. The average molecular weight is 288 g/mol. The van der Waals surface area contributed by atoms with Gasteiger partial charge in [-0.15, -0.1) is 21.8 Å². The molecule has 4 heteroatoms. The molecule has 1 heterocycles. The van der Waals surface area contributed by atoms with Gasteiger partial charge in [0.05, 0.1) is 5.88 Å². The van der Waals surface area contributed by atoms with E-state index in [0.717, 1.165) is 24.1 Å². The molecule has 3 unspecified atom stereocenters. The highest BCUT2D eigenvalue weighted by molar-refractivity contribution is 6.16. The summed E-state index contributed by atoms with van der Waals surface area (Å²) >= 11 is 5.96. The van der Waals surface area contributed by atoms with Crippen LogP contribution in [0.15, 0.2) is 24.3 Å². The van der Waals surface area contributed by atoms with Crippen molar-refractivity contribution in [1.29, 1.82) is 0 Å². The molecule has 0 aliphatic heterocycles. The fourth-order valence-electron chi connectivity index (χ4n) is 3.96. The van der Waals surface area contributed by atoms with Gasteiger partial charge in [0.1, 0.15) is 11.6 Å². The van der Waals surface area contributed by atoms with Gasteiger partial charge in [-0.3, -0.25) is 0 Å². The van der Waals surface area contributed by atoms with Gasteiger partial charge in [-0.1, -0.05) is 24.3 Å². The molecule has 2 aliphatic carbocycles. The highest BCUT2D eigenvalue weighted by Crippen LogP contribution is 2.64. The first-order chi connectivity index (χ1) is 9.85. The molecular weight excluding hydrogens is 270 g/mol. The Hall–Kier alpha value is -1.35. The molecule has 104 valence electrons. The number of benzene rings is 1. The van der Waals surface area contributed by atoms with Crippen LogP contribution in [0, 0.1) is 5.92 Å². The van der Waals surface area contributed by atoms with Gasteiger partial charge >= 0.3 is 0 Å². The fourth-order valence-corrected chi connectivity index (χ4v) is 4.16. The zero-order valence-corrected chi connectivity index (χ0v) is 12.3. The van der Waals surface area contributed by atoms with Crippen molar-refractivity contribution in [3.8, 4) is 0 Å². The maximum Gasteiger partial charge on any atom is 0.147 e. The summed E-state index contributed by atoms with van der Waals surface area (Å²) in [5.41, 5.74) is 3.06. The van der Waals surface area contributed by atoms with E-state index in [9.17, 15) is 0 Å². The number of aryl methyl sites for hydroxylation is 1. The Labute approximate surface area is 124 Å². The van der Waals surface area contributed by atoms with E-state index in [1.165, 1.54) is 24.0 Å². The third kappa shape index (κ3) is 1.65. The molecule has 0 saturated heterocycles. The Morgan fingerprint density at radius 2 is 2.10 bits per heavy atom. The fraction of sp³-hybridized carbons (Fsp3) is 0.500. The Bertz CT molecular complexity index is 649. The minimum Gasteiger partial charge on any atom is -0.314 e. The molecule has 3 nitrogen and oxygen atoms in total. The topological polar surface area (TPSA) is 30.7 Å². The number of hydrogen-bond donors (Lipinski definition) is 0. The summed E-state index contributed by atoms with van der Waals surface area (Å²) in [5, 5.41) is 8.71. The smallest absolute Gasteiger partial charge is 0.147 e. The van der Waals surface area contributed by atoms with E-state index >= 15 is 0 Å². The zero-order chi connectivity index (χ0) is 13.7. The Balaban J connectivity index is 1.72. The van der Waals surface area contributed by atoms with Crippen LogP contribution in [0.25, 0.3) is 0 Å². The molecule has 0 N–H and O–H groups in total. The molecule has 0 amide bonds. The summed E-state index contributed by atoms with van der Waals surface area (Å²) in [6.07, 6.45) is 2.48. The van der Waals surface area contributed by atoms with Crippen LogP contribution in [-0.2, 0) is 18.8 Å². The maximum absolute atomic E-state index is 5.96. The molecule has 0 bridgehead atoms. The second-order valence-electron chi connectivity index (χ2n) is 5.81. The monoisotopic (exact) mass is 287 g/mol. The number of alkyl halides is 1. The molecule has 1 fully saturated rings. The molecule has 1 saturated carbocycles. The Morgan fingerprint density at radius 1 is 1.25 bits per heavy atom. The number of hydrogen-bond acceptors (Lipinski definition) is 2. The minimum atomic E-state index is 0.444. The van der Waals surface area contributed by atoms with Crippen LogP contribution in [0.2, 0.25) is 0 Å². The second kappa shape index (κ2) is 4.59. The normalized spacial score (nSPS) is 27.0. The minimum absolute atomic E-state index is 0.444. The molecule has 2 aromatic rings. The SMILES string of the molecule is CCn1c(CCl)nnc1C1C2CCc3ccccc3C21. The number of rotatable bonds is 3. The van der Waals surface area contributed by atoms with Crippen LogP contribution in [0.4, 0.5) is 0 Å². The highest BCUT2D eigenvalue weighted by atomic mass is 35.5. The molecule has 3 atom stereocenters. The van der Waals surface area contributed by atoms with Gasteiger partial charge in [-0.2, -0.15) is 0 Å². The van der Waals surface area contributed by atoms with Crippen molar-refractivity contribution in [1.82, 2.24) is 14.8 Å². The van der Waals surface area contributed by atoms with E-state index in [4.69, 9.17) is 11.6 Å². The van der Waals surface area contributed by atoms with Gasteiger partial charge in [0, 0.05) is 12.5 Å². The Morgan fingerprint density at radius 3 is 2.90 bits per heavy atom. The first-order valence-corrected chi connectivity index (χ1v) is 7.94. The van der Waals surface area contributed by atoms with Crippen molar-refractivity contribution in [2.75, 3.05) is 0 Å². The lowest BCUT2D eigenvalue weighted by Crippen LogP contribution is -2.04. The molecule has 1 aromatic heterocycles. The van der Waals surface area contributed by atoms with Gasteiger partial charge in [0.2, 0.25) is 0 Å². The molecule has 1 aromatic carbocycles. The van der Waals surface area contributed by atoms with E-state index in [0.29, 0.717) is 17.7 Å².